The number of aliphatic hydroxyl groups excluding tert-OH is 1. The summed E-state index contributed by atoms with van der Waals surface area (Å²) in [6.07, 6.45) is -6.02. The SMILES string of the molecule is COc1cccc([C@H]2OC(c3ccc(OCCCO)cc3)=N[C@@]2(CCC(=O)OC(C)(C)C)C(=O)NCC(F)(F)F)c1. The minimum absolute atomic E-state index is 0.00563. The molecule has 224 valence electrons. The van der Waals surface area contributed by atoms with Crippen molar-refractivity contribution in [3.63, 3.8) is 0 Å². The molecule has 2 atom stereocenters. The van der Waals surface area contributed by atoms with Gasteiger partial charge in [0.05, 0.1) is 13.7 Å². The number of carbonyl (C=O) groups excluding carboxylic acids is 2. The fourth-order valence-corrected chi connectivity index (χ4v) is 4.19. The van der Waals surface area contributed by atoms with Crippen LogP contribution in [0.2, 0.25) is 0 Å². The lowest BCUT2D eigenvalue weighted by Gasteiger charge is -2.31. The van der Waals surface area contributed by atoms with Gasteiger partial charge in [-0.05, 0) is 69.2 Å². The van der Waals surface area contributed by atoms with Gasteiger partial charge in [0, 0.05) is 25.0 Å². The highest BCUT2D eigenvalue weighted by atomic mass is 19.4. The molecule has 41 heavy (non-hydrogen) atoms. The zero-order chi connectivity index (χ0) is 30.3. The Morgan fingerprint density at radius 3 is 2.41 bits per heavy atom. The summed E-state index contributed by atoms with van der Waals surface area (Å²) in [4.78, 5) is 30.8. The fraction of sp³-hybridized carbons (Fsp3) is 0.483. The highest BCUT2D eigenvalue weighted by Gasteiger charge is 2.54. The quantitative estimate of drug-likeness (QED) is 0.280. The van der Waals surface area contributed by atoms with Gasteiger partial charge in [-0.1, -0.05) is 12.1 Å². The molecule has 1 aliphatic rings. The van der Waals surface area contributed by atoms with Crippen molar-refractivity contribution in [2.24, 2.45) is 4.99 Å². The van der Waals surface area contributed by atoms with E-state index in [9.17, 15) is 22.8 Å². The van der Waals surface area contributed by atoms with Crippen molar-refractivity contribution in [1.82, 2.24) is 5.32 Å². The normalized spacial score (nSPS) is 18.7. The Morgan fingerprint density at radius 1 is 1.10 bits per heavy atom. The number of halogens is 3. The topological polar surface area (TPSA) is 116 Å². The van der Waals surface area contributed by atoms with Crippen LogP contribution >= 0.6 is 0 Å². The van der Waals surface area contributed by atoms with Crippen LogP contribution in [0.3, 0.4) is 0 Å². The summed E-state index contributed by atoms with van der Waals surface area (Å²) < 4.78 is 61.9. The minimum Gasteiger partial charge on any atom is -0.497 e. The van der Waals surface area contributed by atoms with E-state index in [1.165, 1.54) is 7.11 Å². The number of hydrogen-bond donors (Lipinski definition) is 2. The summed E-state index contributed by atoms with van der Waals surface area (Å²) >= 11 is 0. The first-order chi connectivity index (χ1) is 19.3. The zero-order valence-corrected chi connectivity index (χ0v) is 23.4. The second-order valence-corrected chi connectivity index (χ2v) is 10.5. The lowest BCUT2D eigenvalue weighted by molar-refractivity contribution is -0.156. The van der Waals surface area contributed by atoms with Crippen LogP contribution in [0.5, 0.6) is 11.5 Å². The van der Waals surface area contributed by atoms with Gasteiger partial charge in [0.2, 0.25) is 5.90 Å². The molecule has 1 aliphatic heterocycles. The molecule has 12 heteroatoms. The molecule has 2 aromatic rings. The van der Waals surface area contributed by atoms with Crippen LogP contribution in [-0.4, -0.2) is 67.1 Å². The van der Waals surface area contributed by atoms with Crippen molar-refractivity contribution >= 4 is 17.8 Å². The monoisotopic (exact) mass is 580 g/mol. The molecule has 0 fully saturated rings. The molecule has 2 N–H and O–H groups in total. The number of hydrogen-bond acceptors (Lipinski definition) is 8. The van der Waals surface area contributed by atoms with Crippen molar-refractivity contribution in [3.8, 4) is 11.5 Å². The number of amides is 1. The number of carbonyl (C=O) groups is 2. The third kappa shape index (κ3) is 8.84. The van der Waals surface area contributed by atoms with Gasteiger partial charge in [-0.15, -0.1) is 0 Å². The third-order valence-corrected chi connectivity index (χ3v) is 6.01. The van der Waals surface area contributed by atoms with E-state index in [4.69, 9.17) is 24.1 Å². The van der Waals surface area contributed by atoms with Crippen LogP contribution in [0.4, 0.5) is 13.2 Å². The predicted molar refractivity (Wildman–Crippen MR) is 144 cm³/mol. The molecular formula is C29H35F3N2O7. The number of aliphatic hydroxyl groups is 1. The third-order valence-electron chi connectivity index (χ3n) is 6.01. The van der Waals surface area contributed by atoms with E-state index in [0.29, 0.717) is 35.7 Å². The lowest BCUT2D eigenvalue weighted by Crippen LogP contribution is -2.50. The minimum atomic E-state index is -4.68. The van der Waals surface area contributed by atoms with Crippen LogP contribution in [0, 0.1) is 0 Å². The molecule has 0 saturated carbocycles. The predicted octanol–water partition coefficient (Wildman–Crippen LogP) is 4.51. The van der Waals surface area contributed by atoms with Gasteiger partial charge in [-0.2, -0.15) is 13.2 Å². The molecule has 0 radical (unpaired) electrons. The van der Waals surface area contributed by atoms with Gasteiger partial charge < -0.3 is 29.4 Å². The molecule has 1 amide bonds. The first-order valence-corrected chi connectivity index (χ1v) is 13.1. The van der Waals surface area contributed by atoms with Crippen LogP contribution < -0.4 is 14.8 Å². The van der Waals surface area contributed by atoms with Crippen LogP contribution in [0.25, 0.3) is 0 Å². The van der Waals surface area contributed by atoms with Gasteiger partial charge in [-0.25, -0.2) is 4.99 Å². The van der Waals surface area contributed by atoms with E-state index in [0.717, 1.165) is 0 Å². The molecule has 0 aromatic heterocycles. The first-order valence-electron chi connectivity index (χ1n) is 13.1. The number of ether oxygens (including phenoxy) is 4. The number of rotatable bonds is 12. The largest absolute Gasteiger partial charge is 0.497 e. The summed E-state index contributed by atoms with van der Waals surface area (Å²) in [7, 11) is 1.45. The van der Waals surface area contributed by atoms with Gasteiger partial charge in [0.15, 0.2) is 11.6 Å². The van der Waals surface area contributed by atoms with Crippen LogP contribution in [0.15, 0.2) is 53.5 Å². The Hall–Kier alpha value is -3.80. The molecule has 2 aromatic carbocycles. The van der Waals surface area contributed by atoms with E-state index >= 15 is 0 Å². The van der Waals surface area contributed by atoms with Gasteiger partial charge >= 0.3 is 12.1 Å². The number of alkyl halides is 3. The van der Waals surface area contributed by atoms with Crippen molar-refractivity contribution in [3.05, 3.63) is 59.7 Å². The molecular weight excluding hydrogens is 545 g/mol. The summed E-state index contributed by atoms with van der Waals surface area (Å²) in [5.41, 5.74) is -1.90. The zero-order valence-electron chi connectivity index (χ0n) is 23.4. The standard InChI is InChI=1S/C29H35F3N2O7/c1-27(2,3)41-23(36)13-14-28(26(37)33-18-29(30,31)32)24(20-7-5-8-22(17-20)38-4)40-25(34-28)19-9-11-21(12-10-19)39-16-6-15-35/h5,7-12,17,24,35H,6,13-16,18H2,1-4H3,(H,33,37)/t24-,28-/m1/s1. The van der Waals surface area contributed by atoms with Gasteiger partial charge in [-0.3, -0.25) is 9.59 Å². The number of aliphatic imine (C=N–C) groups is 1. The highest BCUT2D eigenvalue weighted by Crippen LogP contribution is 2.44. The lowest BCUT2D eigenvalue weighted by atomic mass is 9.83. The van der Waals surface area contributed by atoms with E-state index in [-0.39, 0.29) is 25.3 Å². The maximum absolute atomic E-state index is 13.6. The summed E-state index contributed by atoms with van der Waals surface area (Å²) in [5.74, 6) is -0.737. The first kappa shape index (κ1) is 31.7. The molecule has 0 aliphatic carbocycles. The number of nitrogens with zero attached hydrogens (tertiary/aromatic N) is 1. The average Bonchev–Trinajstić information content (AvgIpc) is 3.31. The van der Waals surface area contributed by atoms with Crippen molar-refractivity contribution in [2.45, 2.75) is 63.5 Å². The summed E-state index contributed by atoms with van der Waals surface area (Å²) in [5, 5.41) is 10.9. The average molecular weight is 581 g/mol. The van der Waals surface area contributed by atoms with Gasteiger partial charge in [0.1, 0.15) is 23.6 Å². The Morgan fingerprint density at radius 2 is 1.80 bits per heavy atom. The van der Waals surface area contributed by atoms with Crippen molar-refractivity contribution in [2.75, 3.05) is 26.9 Å². The van der Waals surface area contributed by atoms with Crippen molar-refractivity contribution in [1.29, 1.82) is 0 Å². The number of benzene rings is 2. The summed E-state index contributed by atoms with van der Waals surface area (Å²) in [6.45, 7) is 3.75. The van der Waals surface area contributed by atoms with E-state index in [1.54, 1.807) is 69.3 Å². The number of esters is 1. The Labute approximate surface area is 236 Å². The highest BCUT2D eigenvalue weighted by molar-refractivity contribution is 6.01. The maximum Gasteiger partial charge on any atom is 0.405 e. The van der Waals surface area contributed by atoms with E-state index in [2.05, 4.69) is 4.99 Å². The van der Waals surface area contributed by atoms with Crippen molar-refractivity contribution < 1.29 is 46.8 Å². The smallest absolute Gasteiger partial charge is 0.405 e. The van der Waals surface area contributed by atoms with E-state index in [1.807, 2.05) is 5.32 Å². The van der Waals surface area contributed by atoms with Crippen LogP contribution in [-0.2, 0) is 19.1 Å². The molecule has 1 heterocycles. The second-order valence-electron chi connectivity index (χ2n) is 10.5. The molecule has 0 bridgehead atoms. The second kappa shape index (κ2) is 13.2. The number of methoxy groups -OCH3 is 1. The molecule has 0 spiro atoms. The molecule has 9 nitrogen and oxygen atoms in total. The number of nitrogens with one attached hydrogen (secondary N) is 1. The van der Waals surface area contributed by atoms with E-state index < -0.39 is 41.8 Å². The summed E-state index contributed by atoms with van der Waals surface area (Å²) in [6, 6.07) is 13.1. The fourth-order valence-electron chi connectivity index (χ4n) is 4.19. The van der Waals surface area contributed by atoms with Crippen LogP contribution in [0.1, 0.15) is 57.3 Å². The maximum atomic E-state index is 13.6. The Kier molecular flexibility index (Phi) is 10.2. The molecule has 3 rings (SSSR count). The Bertz CT molecular complexity index is 1230. The Balaban J connectivity index is 2.05. The molecule has 0 unspecified atom stereocenters. The molecule has 0 saturated heterocycles. The van der Waals surface area contributed by atoms with Gasteiger partial charge in [0.25, 0.3) is 5.91 Å².